The molecule has 4 aliphatic rings. The number of likely N-dealkylation sites (tertiary alicyclic amines) is 2. The molecule has 1 spiro atoms. The Balaban J connectivity index is 1.48. The molecule has 3 fully saturated rings. The maximum atomic E-state index is 13.4. The minimum absolute atomic E-state index is 0.143. The highest BCUT2D eigenvalue weighted by Gasteiger charge is 2.50. The fourth-order valence-corrected chi connectivity index (χ4v) is 5.06. The van der Waals surface area contributed by atoms with Gasteiger partial charge in [-0.15, -0.1) is 0 Å². The van der Waals surface area contributed by atoms with Crippen LogP contribution in [0.25, 0.3) is 0 Å². The van der Waals surface area contributed by atoms with Gasteiger partial charge in [-0.3, -0.25) is 9.28 Å². The van der Waals surface area contributed by atoms with Crippen LogP contribution < -0.4 is 0 Å². The Hall–Kier alpha value is -1.33. The molecule has 1 atom stereocenters. The molecule has 0 saturated carbocycles. The van der Waals surface area contributed by atoms with Crippen LogP contribution in [0.15, 0.2) is 24.0 Å². The monoisotopic (exact) mass is 346 g/mol. The molecule has 0 N–H and O–H groups in total. The lowest BCUT2D eigenvalue weighted by atomic mass is 9.78. The molecule has 0 aromatic rings. The standard InChI is InChI=1S/C20H32N3O2/c1-23(2)12-3-5-18(15-23)21-10-4-8-20(16-21)9-11-22(19(20)24)17-6-13-25-14-7-17/h3,5,12,17H,4,6-11,13-16H2,1-2H3/q+1/t20-/m1/s1. The van der Waals surface area contributed by atoms with E-state index in [9.17, 15) is 4.79 Å². The van der Waals surface area contributed by atoms with E-state index in [1.54, 1.807) is 0 Å². The topological polar surface area (TPSA) is 32.8 Å². The molecule has 0 unspecified atom stereocenters. The maximum Gasteiger partial charge on any atom is 0.230 e. The van der Waals surface area contributed by atoms with E-state index in [1.807, 2.05) is 0 Å². The Morgan fingerprint density at radius 2 is 2.00 bits per heavy atom. The van der Waals surface area contributed by atoms with Gasteiger partial charge in [0.15, 0.2) is 0 Å². The second-order valence-electron chi connectivity index (χ2n) is 8.83. The highest BCUT2D eigenvalue weighted by molar-refractivity contribution is 5.85. The van der Waals surface area contributed by atoms with Gasteiger partial charge >= 0.3 is 0 Å². The fraction of sp³-hybridized carbons (Fsp3) is 0.750. The van der Waals surface area contributed by atoms with Crippen LogP contribution in [-0.4, -0.2) is 79.7 Å². The van der Waals surface area contributed by atoms with Crippen LogP contribution in [0, 0.1) is 5.41 Å². The molecular weight excluding hydrogens is 314 g/mol. The van der Waals surface area contributed by atoms with E-state index in [4.69, 9.17) is 4.74 Å². The summed E-state index contributed by atoms with van der Waals surface area (Å²) in [6.07, 6.45) is 11.9. The average molecular weight is 346 g/mol. The van der Waals surface area contributed by atoms with Crippen molar-refractivity contribution in [1.82, 2.24) is 9.80 Å². The Kier molecular flexibility index (Phi) is 4.40. The summed E-state index contributed by atoms with van der Waals surface area (Å²) >= 11 is 0. The highest BCUT2D eigenvalue weighted by atomic mass is 16.5. The zero-order chi connectivity index (χ0) is 17.5. The average Bonchev–Trinajstić information content (AvgIpc) is 2.91. The van der Waals surface area contributed by atoms with Crippen molar-refractivity contribution in [3.05, 3.63) is 24.0 Å². The number of piperidine rings is 1. The number of amides is 1. The molecule has 25 heavy (non-hydrogen) atoms. The molecule has 0 radical (unpaired) electrons. The van der Waals surface area contributed by atoms with Crippen molar-refractivity contribution in [3.8, 4) is 0 Å². The number of ether oxygens (including phenoxy) is 1. The summed E-state index contributed by atoms with van der Waals surface area (Å²) in [6, 6.07) is 0.406. The summed E-state index contributed by atoms with van der Waals surface area (Å²) in [7, 11) is 4.47. The van der Waals surface area contributed by atoms with Crippen molar-refractivity contribution in [1.29, 1.82) is 0 Å². The normalized spacial score (nSPS) is 33.2. The minimum atomic E-state index is -0.143. The van der Waals surface area contributed by atoms with E-state index in [2.05, 4.69) is 42.2 Å². The first-order chi connectivity index (χ1) is 12.0. The minimum Gasteiger partial charge on any atom is -0.381 e. The highest BCUT2D eigenvalue weighted by Crippen LogP contribution is 2.42. The lowest BCUT2D eigenvalue weighted by Gasteiger charge is -2.43. The van der Waals surface area contributed by atoms with Crippen LogP contribution in [0.3, 0.4) is 0 Å². The Morgan fingerprint density at radius 3 is 2.76 bits per heavy atom. The van der Waals surface area contributed by atoms with Gasteiger partial charge < -0.3 is 14.5 Å². The fourth-order valence-electron chi connectivity index (χ4n) is 5.06. The second-order valence-corrected chi connectivity index (χ2v) is 8.83. The van der Waals surface area contributed by atoms with Crippen LogP contribution in [0.1, 0.15) is 32.1 Å². The first kappa shape index (κ1) is 17.1. The van der Waals surface area contributed by atoms with Crippen LogP contribution >= 0.6 is 0 Å². The number of likely N-dealkylation sites (N-methyl/N-ethyl adjacent to an activating group) is 1. The SMILES string of the molecule is C[N+]1(C)C=CC=C(N2CCC[C@@]3(CCN(C4CCOCC4)C3=O)C2)C1. The van der Waals surface area contributed by atoms with Gasteiger partial charge in [-0.05, 0) is 44.3 Å². The molecule has 4 heterocycles. The Bertz CT molecular complexity index is 592. The third-order valence-electron chi connectivity index (χ3n) is 6.51. The molecule has 4 aliphatic heterocycles. The molecule has 0 aliphatic carbocycles. The van der Waals surface area contributed by atoms with Gasteiger partial charge in [-0.25, -0.2) is 0 Å². The molecule has 138 valence electrons. The Morgan fingerprint density at radius 1 is 1.20 bits per heavy atom. The Labute approximate surface area is 151 Å². The zero-order valence-corrected chi connectivity index (χ0v) is 15.7. The molecule has 0 aromatic heterocycles. The number of allylic oxidation sites excluding steroid dienone is 2. The molecule has 3 saturated heterocycles. The molecule has 5 heteroatoms. The lowest BCUT2D eigenvalue weighted by molar-refractivity contribution is -0.835. The summed E-state index contributed by atoms with van der Waals surface area (Å²) in [5.41, 5.74) is 1.25. The summed E-state index contributed by atoms with van der Waals surface area (Å²) < 4.78 is 6.37. The van der Waals surface area contributed by atoms with Gasteiger partial charge in [0.1, 0.15) is 6.54 Å². The van der Waals surface area contributed by atoms with Gasteiger partial charge in [0.25, 0.3) is 0 Å². The number of nitrogens with zero attached hydrogens (tertiary/aromatic N) is 3. The van der Waals surface area contributed by atoms with Gasteiger partial charge in [0.05, 0.1) is 31.4 Å². The molecular formula is C20H32N3O2+. The van der Waals surface area contributed by atoms with Crippen molar-refractivity contribution in [2.75, 3.05) is 53.5 Å². The summed E-state index contributed by atoms with van der Waals surface area (Å²) in [6.45, 7) is 5.57. The van der Waals surface area contributed by atoms with Crippen molar-refractivity contribution in [2.45, 2.75) is 38.1 Å². The van der Waals surface area contributed by atoms with E-state index >= 15 is 0 Å². The number of hydrogen-bond donors (Lipinski definition) is 0. The molecule has 0 bridgehead atoms. The van der Waals surface area contributed by atoms with Gasteiger partial charge in [0.2, 0.25) is 5.91 Å². The van der Waals surface area contributed by atoms with Crippen molar-refractivity contribution < 1.29 is 14.0 Å². The van der Waals surface area contributed by atoms with E-state index in [0.717, 1.165) is 76.0 Å². The van der Waals surface area contributed by atoms with Crippen LogP contribution in [0.2, 0.25) is 0 Å². The van der Waals surface area contributed by atoms with Crippen LogP contribution in [-0.2, 0) is 9.53 Å². The summed E-state index contributed by atoms with van der Waals surface area (Å²) in [5.74, 6) is 0.421. The van der Waals surface area contributed by atoms with E-state index in [0.29, 0.717) is 11.9 Å². The van der Waals surface area contributed by atoms with Crippen molar-refractivity contribution in [3.63, 3.8) is 0 Å². The van der Waals surface area contributed by atoms with Crippen LogP contribution in [0.5, 0.6) is 0 Å². The number of hydrogen-bond acceptors (Lipinski definition) is 3. The van der Waals surface area contributed by atoms with Crippen LogP contribution in [0.4, 0.5) is 0 Å². The van der Waals surface area contributed by atoms with Gasteiger partial charge in [0, 0.05) is 38.9 Å². The largest absolute Gasteiger partial charge is 0.381 e. The number of carbonyl (C=O) groups excluding carboxylic acids is 1. The van der Waals surface area contributed by atoms with E-state index < -0.39 is 0 Å². The lowest BCUT2D eigenvalue weighted by Crippen LogP contribution is -2.51. The summed E-state index contributed by atoms with van der Waals surface area (Å²) in [4.78, 5) is 18.1. The number of carbonyl (C=O) groups is 1. The smallest absolute Gasteiger partial charge is 0.230 e. The number of rotatable bonds is 2. The van der Waals surface area contributed by atoms with Crippen molar-refractivity contribution >= 4 is 5.91 Å². The number of quaternary nitrogens is 1. The van der Waals surface area contributed by atoms with Crippen molar-refractivity contribution in [2.24, 2.45) is 5.41 Å². The van der Waals surface area contributed by atoms with Gasteiger partial charge in [-0.1, -0.05) is 0 Å². The first-order valence-corrected chi connectivity index (χ1v) is 9.84. The molecule has 0 aromatic carbocycles. The predicted molar refractivity (Wildman–Crippen MR) is 97.6 cm³/mol. The zero-order valence-electron chi connectivity index (χ0n) is 15.7. The second kappa shape index (κ2) is 6.44. The van der Waals surface area contributed by atoms with E-state index in [-0.39, 0.29) is 5.41 Å². The third kappa shape index (κ3) is 3.24. The predicted octanol–water partition coefficient (Wildman–Crippen LogP) is 1.97. The van der Waals surface area contributed by atoms with E-state index in [1.165, 1.54) is 5.70 Å². The summed E-state index contributed by atoms with van der Waals surface area (Å²) in [5, 5.41) is 0. The molecule has 1 amide bonds. The quantitative estimate of drug-likeness (QED) is 0.717. The third-order valence-corrected chi connectivity index (χ3v) is 6.51. The molecule has 5 nitrogen and oxygen atoms in total. The van der Waals surface area contributed by atoms with Gasteiger partial charge in [-0.2, -0.15) is 0 Å². The molecule has 4 rings (SSSR count). The maximum absolute atomic E-state index is 13.4. The first-order valence-electron chi connectivity index (χ1n) is 9.84.